The fourth-order valence-corrected chi connectivity index (χ4v) is 8.90. The minimum absolute atomic E-state index is 0.923. The van der Waals surface area contributed by atoms with E-state index in [1.165, 1.54) is 27.8 Å². The predicted molar refractivity (Wildman–Crippen MR) is 276 cm³/mol. The van der Waals surface area contributed by atoms with Gasteiger partial charge >= 0.3 is 0 Å². The zero-order valence-corrected chi connectivity index (χ0v) is 36.6. The second-order valence-electron chi connectivity index (χ2n) is 16.6. The molecule has 0 atom stereocenters. The summed E-state index contributed by atoms with van der Waals surface area (Å²) in [6.07, 6.45) is 2.09. The molecule has 0 aliphatic carbocycles. The van der Waals surface area contributed by atoms with Crippen LogP contribution in [0.5, 0.6) is 0 Å². The second kappa shape index (κ2) is 17.8. The van der Waals surface area contributed by atoms with E-state index in [2.05, 4.69) is 270 Å². The lowest BCUT2D eigenvalue weighted by atomic mass is 10.0. The lowest BCUT2D eigenvalue weighted by molar-refractivity contribution is 1.19. The van der Waals surface area contributed by atoms with Crippen molar-refractivity contribution in [1.82, 2.24) is 9.38 Å². The lowest BCUT2D eigenvalue weighted by Gasteiger charge is -2.26. The highest BCUT2D eigenvalue weighted by molar-refractivity contribution is 5.86. The SMILES string of the molecule is Cc1ccc(N(c2ccc(-c3ccc(N(c4ccc(-c5ccccc5)cc4)c4ccc(-c5ccccc5)cc4)cc3)cc2)c2ccc(-c3c(-c4ccccc4)nc4ccccn34)cc2)cc1. The van der Waals surface area contributed by atoms with E-state index in [0.29, 0.717) is 0 Å². The first-order valence-electron chi connectivity index (χ1n) is 22.4. The number of hydrogen-bond donors (Lipinski definition) is 0. The summed E-state index contributed by atoms with van der Waals surface area (Å²) >= 11 is 0. The number of pyridine rings is 1. The number of hydrogen-bond acceptors (Lipinski definition) is 3. The molecule has 0 fully saturated rings. The van der Waals surface area contributed by atoms with Crippen molar-refractivity contribution < 1.29 is 0 Å². The Balaban J connectivity index is 0.905. The summed E-state index contributed by atoms with van der Waals surface area (Å²) < 4.78 is 2.18. The van der Waals surface area contributed by atoms with Gasteiger partial charge in [0.05, 0.1) is 11.4 Å². The van der Waals surface area contributed by atoms with Crippen LogP contribution in [0, 0.1) is 6.92 Å². The van der Waals surface area contributed by atoms with Crippen LogP contribution in [-0.2, 0) is 0 Å². The summed E-state index contributed by atoms with van der Waals surface area (Å²) in [5.41, 5.74) is 20.0. The molecule has 11 aromatic rings. The molecule has 0 spiro atoms. The molecule has 2 aromatic heterocycles. The average Bonchev–Trinajstić information content (AvgIpc) is 3.79. The predicted octanol–water partition coefficient (Wildman–Crippen LogP) is 16.9. The van der Waals surface area contributed by atoms with Crippen molar-refractivity contribution in [3.05, 3.63) is 267 Å². The maximum atomic E-state index is 5.07. The smallest absolute Gasteiger partial charge is 0.137 e. The normalized spacial score (nSPS) is 11.1. The molecule has 0 aliphatic rings. The van der Waals surface area contributed by atoms with Gasteiger partial charge in [0.15, 0.2) is 0 Å². The van der Waals surface area contributed by atoms with Gasteiger partial charge in [0.2, 0.25) is 0 Å². The molecule has 9 aromatic carbocycles. The highest BCUT2D eigenvalue weighted by atomic mass is 15.1. The number of fused-ring (bicyclic) bond motifs is 1. The molecule has 0 saturated heterocycles. The molecule has 0 saturated carbocycles. The van der Waals surface area contributed by atoms with E-state index in [9.17, 15) is 0 Å². The van der Waals surface area contributed by atoms with Crippen LogP contribution in [0.25, 0.3) is 61.5 Å². The molecule has 2 heterocycles. The highest BCUT2D eigenvalue weighted by Crippen LogP contribution is 2.41. The van der Waals surface area contributed by atoms with Crippen molar-refractivity contribution in [3.63, 3.8) is 0 Å². The Morgan fingerprint density at radius 3 is 0.970 bits per heavy atom. The maximum Gasteiger partial charge on any atom is 0.137 e. The monoisotopic (exact) mass is 846 g/mol. The summed E-state index contributed by atoms with van der Waals surface area (Å²) in [7, 11) is 0. The Hall–Kier alpha value is -8.73. The Bertz CT molecular complexity index is 3260. The number of benzene rings is 9. The summed E-state index contributed by atoms with van der Waals surface area (Å²) in [4.78, 5) is 9.73. The van der Waals surface area contributed by atoms with Gasteiger partial charge in [-0.3, -0.25) is 4.40 Å². The first kappa shape index (κ1) is 40.1. The standard InChI is InChI=1S/C62H46N4/c1-45-20-32-54(33-21-45)65(59-42-30-53(31-43-59)62-61(52-17-9-4-10-18-52)63-60-19-11-12-44-64(60)62)55-38-26-50(27-39-55)51-28-40-58(41-29-51)66(56-34-22-48(23-35-56)46-13-5-2-6-14-46)57-36-24-49(25-37-57)47-15-7-3-8-16-47/h2-44H,1H3. The van der Waals surface area contributed by atoms with Crippen molar-refractivity contribution in [2.75, 3.05) is 9.80 Å². The van der Waals surface area contributed by atoms with Gasteiger partial charge in [-0.25, -0.2) is 4.98 Å². The van der Waals surface area contributed by atoms with Gasteiger partial charge in [-0.2, -0.15) is 0 Å². The van der Waals surface area contributed by atoms with Gasteiger partial charge in [-0.15, -0.1) is 0 Å². The fourth-order valence-electron chi connectivity index (χ4n) is 8.90. The number of nitrogens with zero attached hydrogens (tertiary/aromatic N) is 4. The van der Waals surface area contributed by atoms with Crippen LogP contribution in [0.15, 0.2) is 261 Å². The van der Waals surface area contributed by atoms with Gasteiger partial charge in [0.1, 0.15) is 5.65 Å². The molecule has 4 nitrogen and oxygen atoms in total. The number of imidazole rings is 1. The zero-order valence-electron chi connectivity index (χ0n) is 36.6. The third kappa shape index (κ3) is 8.04. The van der Waals surface area contributed by atoms with E-state index >= 15 is 0 Å². The highest BCUT2D eigenvalue weighted by Gasteiger charge is 2.19. The summed E-state index contributed by atoms with van der Waals surface area (Å²) in [5.74, 6) is 0. The van der Waals surface area contributed by atoms with E-state index < -0.39 is 0 Å². The summed E-state index contributed by atoms with van der Waals surface area (Å²) in [5, 5.41) is 0. The minimum Gasteiger partial charge on any atom is -0.311 e. The second-order valence-corrected chi connectivity index (χ2v) is 16.6. The van der Waals surface area contributed by atoms with E-state index in [4.69, 9.17) is 4.98 Å². The largest absolute Gasteiger partial charge is 0.311 e. The molecule has 0 aliphatic heterocycles. The molecular weight excluding hydrogens is 801 g/mol. The molecule has 0 N–H and O–H groups in total. The van der Waals surface area contributed by atoms with Crippen LogP contribution in [-0.4, -0.2) is 9.38 Å². The van der Waals surface area contributed by atoms with Crippen LogP contribution in [0.3, 0.4) is 0 Å². The Morgan fingerprint density at radius 2 is 0.591 bits per heavy atom. The number of anilines is 6. The number of rotatable bonds is 11. The third-order valence-electron chi connectivity index (χ3n) is 12.3. The van der Waals surface area contributed by atoms with Crippen LogP contribution in [0.2, 0.25) is 0 Å². The van der Waals surface area contributed by atoms with Crippen molar-refractivity contribution >= 4 is 39.8 Å². The Morgan fingerprint density at radius 1 is 0.288 bits per heavy atom. The van der Waals surface area contributed by atoms with Crippen LogP contribution >= 0.6 is 0 Å². The van der Waals surface area contributed by atoms with Crippen LogP contribution < -0.4 is 9.80 Å². The average molecular weight is 847 g/mol. The lowest BCUT2D eigenvalue weighted by Crippen LogP contribution is -2.10. The van der Waals surface area contributed by atoms with Gasteiger partial charge in [0, 0.05) is 51.4 Å². The molecule has 314 valence electrons. The topological polar surface area (TPSA) is 23.8 Å². The van der Waals surface area contributed by atoms with E-state index in [1.807, 2.05) is 12.1 Å². The van der Waals surface area contributed by atoms with Crippen LogP contribution in [0.1, 0.15) is 5.56 Å². The van der Waals surface area contributed by atoms with E-state index in [1.54, 1.807) is 0 Å². The Kier molecular flexibility index (Phi) is 10.8. The van der Waals surface area contributed by atoms with Gasteiger partial charge in [-0.1, -0.05) is 175 Å². The summed E-state index contributed by atoms with van der Waals surface area (Å²) in [6, 6.07) is 90.9. The molecule has 66 heavy (non-hydrogen) atoms. The third-order valence-corrected chi connectivity index (χ3v) is 12.3. The Labute approximate surface area is 386 Å². The maximum absolute atomic E-state index is 5.07. The quantitative estimate of drug-likeness (QED) is 0.130. The first-order valence-corrected chi connectivity index (χ1v) is 22.4. The van der Waals surface area contributed by atoms with Gasteiger partial charge in [0.25, 0.3) is 0 Å². The molecular formula is C62H46N4. The summed E-state index contributed by atoms with van der Waals surface area (Å²) in [6.45, 7) is 2.13. The zero-order chi connectivity index (χ0) is 44.2. The molecule has 0 unspecified atom stereocenters. The first-order chi connectivity index (χ1) is 32.6. The molecule has 0 amide bonds. The molecule has 4 heteroatoms. The number of aromatic nitrogens is 2. The van der Waals surface area contributed by atoms with E-state index in [0.717, 1.165) is 73.4 Å². The minimum atomic E-state index is 0.923. The van der Waals surface area contributed by atoms with E-state index in [-0.39, 0.29) is 0 Å². The van der Waals surface area contributed by atoms with Crippen molar-refractivity contribution in [3.8, 4) is 55.9 Å². The van der Waals surface area contributed by atoms with Crippen molar-refractivity contribution in [2.24, 2.45) is 0 Å². The van der Waals surface area contributed by atoms with Crippen molar-refractivity contribution in [2.45, 2.75) is 6.92 Å². The molecule has 0 bridgehead atoms. The molecule has 11 rings (SSSR count). The fraction of sp³-hybridized carbons (Fsp3) is 0.0161. The van der Waals surface area contributed by atoms with Crippen molar-refractivity contribution in [1.29, 1.82) is 0 Å². The van der Waals surface area contributed by atoms with Crippen LogP contribution in [0.4, 0.5) is 34.1 Å². The van der Waals surface area contributed by atoms with Gasteiger partial charge in [-0.05, 0) is 125 Å². The number of aryl methyl sites for hydroxylation is 1. The van der Waals surface area contributed by atoms with Gasteiger partial charge < -0.3 is 9.80 Å². The molecule has 0 radical (unpaired) electrons.